The monoisotopic (exact) mass is 266 g/mol. The summed E-state index contributed by atoms with van der Waals surface area (Å²) in [6.07, 6.45) is -1.69. The van der Waals surface area contributed by atoms with Gasteiger partial charge in [0.2, 0.25) is 5.67 Å². The number of alkyl halides is 2. The Morgan fingerprint density at radius 3 is 2.71 bits per heavy atom. The van der Waals surface area contributed by atoms with Crippen LogP contribution in [0.25, 0.3) is 0 Å². The van der Waals surface area contributed by atoms with Crippen molar-refractivity contribution < 1.29 is 28.6 Å². The summed E-state index contributed by atoms with van der Waals surface area (Å²) >= 11 is 5.27. The van der Waals surface area contributed by atoms with Crippen LogP contribution in [0.1, 0.15) is 6.42 Å². The average Bonchev–Trinajstić information content (AvgIpc) is 2.80. The van der Waals surface area contributed by atoms with Crippen LogP contribution in [0.15, 0.2) is 0 Å². The number of rotatable bonds is 3. The number of methoxy groups -OCH3 is 1. The molecule has 2 fully saturated rings. The van der Waals surface area contributed by atoms with Gasteiger partial charge in [0.1, 0.15) is 12.0 Å². The number of aliphatic hydroxyl groups excluding tert-OH is 1. The number of hydrogen-bond acceptors (Lipinski definition) is 5. The van der Waals surface area contributed by atoms with Crippen molar-refractivity contribution in [3.8, 4) is 0 Å². The molecule has 0 aromatic heterocycles. The quantitative estimate of drug-likeness (QED) is 0.576. The molecular formula is C10H12ClFO5. The molecule has 0 aromatic carbocycles. The lowest BCUT2D eigenvalue weighted by Gasteiger charge is -2.19. The Morgan fingerprint density at radius 2 is 2.18 bits per heavy atom. The van der Waals surface area contributed by atoms with Crippen molar-refractivity contribution >= 4 is 23.5 Å². The standard InChI is InChI=1S/C10H12ClFO5/c1-16-9(15)10(12)7-4(13)2-5(8(7)10)17-6(14)3-11/h4-5,7-8,13H,2-3H2,1H3/t4-,5+,7+,8-,10+/m0/s1. The number of halogens is 2. The third kappa shape index (κ3) is 1.70. The minimum Gasteiger partial charge on any atom is -0.467 e. The van der Waals surface area contributed by atoms with Crippen molar-refractivity contribution in [2.24, 2.45) is 11.8 Å². The van der Waals surface area contributed by atoms with Crippen molar-refractivity contribution in [1.82, 2.24) is 0 Å². The number of carbonyl (C=O) groups excluding carboxylic acids is 2. The van der Waals surface area contributed by atoms with Gasteiger partial charge >= 0.3 is 11.9 Å². The molecule has 0 radical (unpaired) electrons. The minimum absolute atomic E-state index is 0.126. The van der Waals surface area contributed by atoms with E-state index in [0.717, 1.165) is 7.11 Å². The maximum absolute atomic E-state index is 14.2. The van der Waals surface area contributed by atoms with Crippen molar-refractivity contribution in [3.63, 3.8) is 0 Å². The normalized spacial score (nSPS) is 42.8. The van der Waals surface area contributed by atoms with Crippen LogP contribution in [0.4, 0.5) is 4.39 Å². The fraction of sp³-hybridized carbons (Fsp3) is 0.800. The van der Waals surface area contributed by atoms with Gasteiger partial charge < -0.3 is 14.6 Å². The van der Waals surface area contributed by atoms with Crippen LogP contribution in [0.2, 0.25) is 0 Å². The van der Waals surface area contributed by atoms with E-state index in [0.29, 0.717) is 0 Å². The Kier molecular flexibility index (Phi) is 3.03. The second-order valence-electron chi connectivity index (χ2n) is 4.28. The van der Waals surface area contributed by atoms with Gasteiger partial charge in [-0.1, -0.05) is 0 Å². The predicted molar refractivity (Wildman–Crippen MR) is 54.1 cm³/mol. The molecule has 0 aliphatic heterocycles. The Bertz CT molecular complexity index is 363. The highest BCUT2D eigenvalue weighted by molar-refractivity contribution is 6.26. The number of fused-ring (bicyclic) bond motifs is 1. The second kappa shape index (κ2) is 4.10. The van der Waals surface area contributed by atoms with Crippen LogP contribution in [0, 0.1) is 11.8 Å². The van der Waals surface area contributed by atoms with Gasteiger partial charge in [-0.3, -0.25) is 4.79 Å². The van der Waals surface area contributed by atoms with Gasteiger partial charge in [0.05, 0.1) is 19.1 Å². The Labute approximate surface area is 102 Å². The first-order valence-electron chi connectivity index (χ1n) is 5.17. The minimum atomic E-state index is -2.23. The molecule has 0 saturated heterocycles. The number of carbonyl (C=O) groups is 2. The summed E-state index contributed by atoms with van der Waals surface area (Å²) in [5, 5.41) is 9.60. The molecule has 2 aliphatic rings. The zero-order valence-electron chi connectivity index (χ0n) is 9.06. The predicted octanol–water partition coefficient (Wildman–Crippen LogP) is 0.0289. The molecule has 0 bridgehead atoms. The zero-order chi connectivity index (χ0) is 12.8. The molecule has 0 amide bonds. The molecule has 2 saturated carbocycles. The van der Waals surface area contributed by atoms with E-state index in [-0.39, 0.29) is 12.3 Å². The van der Waals surface area contributed by atoms with E-state index in [2.05, 4.69) is 4.74 Å². The van der Waals surface area contributed by atoms with Crippen LogP contribution >= 0.6 is 11.6 Å². The lowest BCUT2D eigenvalue weighted by Crippen LogP contribution is -2.34. The van der Waals surface area contributed by atoms with E-state index >= 15 is 0 Å². The first-order valence-corrected chi connectivity index (χ1v) is 5.71. The van der Waals surface area contributed by atoms with E-state index in [1.165, 1.54) is 0 Å². The fourth-order valence-electron chi connectivity index (χ4n) is 2.71. The number of ether oxygens (including phenoxy) is 2. The van der Waals surface area contributed by atoms with Crippen LogP contribution in [0.5, 0.6) is 0 Å². The molecule has 0 spiro atoms. The molecule has 17 heavy (non-hydrogen) atoms. The van der Waals surface area contributed by atoms with Gasteiger partial charge in [-0.25, -0.2) is 9.18 Å². The molecule has 0 aromatic rings. The van der Waals surface area contributed by atoms with E-state index in [1.807, 2.05) is 0 Å². The average molecular weight is 267 g/mol. The summed E-state index contributed by atoms with van der Waals surface area (Å²) in [5.74, 6) is -3.73. The molecule has 5 atom stereocenters. The molecule has 0 heterocycles. The molecule has 5 nitrogen and oxygen atoms in total. The van der Waals surface area contributed by atoms with Gasteiger partial charge in [-0.15, -0.1) is 11.6 Å². The summed E-state index contributed by atoms with van der Waals surface area (Å²) in [5.41, 5.74) is -2.23. The van der Waals surface area contributed by atoms with E-state index in [9.17, 15) is 19.1 Å². The highest BCUT2D eigenvalue weighted by Crippen LogP contribution is 2.64. The first-order chi connectivity index (χ1) is 7.96. The molecule has 1 N–H and O–H groups in total. The van der Waals surface area contributed by atoms with E-state index in [4.69, 9.17) is 16.3 Å². The topological polar surface area (TPSA) is 72.8 Å². The van der Waals surface area contributed by atoms with Crippen LogP contribution in [0.3, 0.4) is 0 Å². The van der Waals surface area contributed by atoms with Crippen LogP contribution in [-0.2, 0) is 19.1 Å². The van der Waals surface area contributed by atoms with Crippen LogP contribution in [-0.4, -0.2) is 47.9 Å². The van der Waals surface area contributed by atoms with Crippen molar-refractivity contribution in [2.45, 2.75) is 24.3 Å². The van der Waals surface area contributed by atoms with Gasteiger partial charge in [-0.2, -0.15) is 0 Å². The number of aliphatic hydroxyl groups is 1. The summed E-state index contributed by atoms with van der Waals surface area (Å²) in [7, 11) is 1.07. The molecule has 0 unspecified atom stereocenters. The maximum Gasteiger partial charge on any atom is 0.344 e. The molecular weight excluding hydrogens is 255 g/mol. The second-order valence-corrected chi connectivity index (χ2v) is 4.54. The highest BCUT2D eigenvalue weighted by atomic mass is 35.5. The van der Waals surface area contributed by atoms with Gasteiger partial charge in [0.25, 0.3) is 0 Å². The van der Waals surface area contributed by atoms with Gasteiger partial charge in [0, 0.05) is 12.3 Å². The summed E-state index contributed by atoms with van der Waals surface area (Å²) in [4.78, 5) is 22.3. The fourth-order valence-corrected chi connectivity index (χ4v) is 2.77. The third-order valence-corrected chi connectivity index (χ3v) is 3.65. The summed E-state index contributed by atoms with van der Waals surface area (Å²) < 4.78 is 23.4. The van der Waals surface area contributed by atoms with E-state index in [1.54, 1.807) is 0 Å². The SMILES string of the molecule is COC(=O)[C@]1(F)[C@@H]2[C@H]1[C@@H](O)C[C@H]2OC(=O)CCl. The maximum atomic E-state index is 14.2. The summed E-state index contributed by atoms with van der Waals surface area (Å²) in [6, 6.07) is 0. The lowest BCUT2D eigenvalue weighted by atomic mass is 10.1. The first kappa shape index (κ1) is 12.6. The van der Waals surface area contributed by atoms with Crippen LogP contribution < -0.4 is 0 Å². The van der Waals surface area contributed by atoms with Gasteiger partial charge in [0.15, 0.2) is 0 Å². The largest absolute Gasteiger partial charge is 0.467 e. The molecule has 7 heteroatoms. The number of hydrogen-bond donors (Lipinski definition) is 1. The Morgan fingerprint density at radius 1 is 1.53 bits per heavy atom. The third-order valence-electron chi connectivity index (χ3n) is 3.43. The molecule has 2 aliphatic carbocycles. The Balaban J connectivity index is 2.10. The van der Waals surface area contributed by atoms with Crippen molar-refractivity contribution in [1.29, 1.82) is 0 Å². The van der Waals surface area contributed by atoms with E-state index < -0.39 is 41.7 Å². The van der Waals surface area contributed by atoms with Crippen molar-refractivity contribution in [3.05, 3.63) is 0 Å². The smallest absolute Gasteiger partial charge is 0.344 e. The molecule has 2 rings (SSSR count). The lowest BCUT2D eigenvalue weighted by molar-refractivity contribution is -0.156. The molecule has 96 valence electrons. The van der Waals surface area contributed by atoms with Gasteiger partial charge in [-0.05, 0) is 0 Å². The zero-order valence-corrected chi connectivity index (χ0v) is 9.82. The summed E-state index contributed by atoms with van der Waals surface area (Å²) in [6.45, 7) is 0. The Hall–Kier alpha value is -0.880. The van der Waals surface area contributed by atoms with Crippen molar-refractivity contribution in [2.75, 3.05) is 13.0 Å². The highest BCUT2D eigenvalue weighted by Gasteiger charge is 2.81. The number of esters is 2.